The van der Waals surface area contributed by atoms with Gasteiger partial charge in [0.15, 0.2) is 5.82 Å². The number of anilines is 1. The van der Waals surface area contributed by atoms with Crippen molar-refractivity contribution < 1.29 is 4.92 Å². The first-order valence-corrected chi connectivity index (χ1v) is 6.62. The van der Waals surface area contributed by atoms with Crippen molar-refractivity contribution in [3.05, 3.63) is 52.6 Å². The van der Waals surface area contributed by atoms with Crippen molar-refractivity contribution >= 4 is 22.2 Å². The topological polar surface area (TPSA) is 97.8 Å². The van der Waals surface area contributed by atoms with Crippen LogP contribution in [-0.4, -0.2) is 15.1 Å². The van der Waals surface area contributed by atoms with E-state index in [4.69, 9.17) is 5.73 Å². The zero-order chi connectivity index (χ0) is 14.1. The Bertz CT molecular complexity index is 764. The molecule has 0 fully saturated rings. The van der Waals surface area contributed by atoms with E-state index < -0.39 is 4.92 Å². The molecule has 2 heterocycles. The number of thiophene rings is 1. The highest BCUT2D eigenvalue weighted by atomic mass is 32.1. The van der Waals surface area contributed by atoms with Gasteiger partial charge in [-0.1, -0.05) is 41.7 Å². The highest BCUT2D eigenvalue weighted by Gasteiger charge is 2.18. The molecule has 0 aliphatic rings. The van der Waals surface area contributed by atoms with E-state index in [1.54, 1.807) is 6.07 Å². The summed E-state index contributed by atoms with van der Waals surface area (Å²) < 4.78 is 0. The number of benzene rings is 1. The average Bonchev–Trinajstić information content (AvgIpc) is 3.06. The van der Waals surface area contributed by atoms with Crippen LogP contribution in [0.25, 0.3) is 21.7 Å². The lowest BCUT2D eigenvalue weighted by atomic mass is 10.0. The van der Waals surface area contributed by atoms with Crippen molar-refractivity contribution in [1.82, 2.24) is 10.2 Å². The minimum atomic E-state index is -0.407. The van der Waals surface area contributed by atoms with Gasteiger partial charge in [-0.2, -0.15) is 5.10 Å². The third-order valence-corrected chi connectivity index (χ3v) is 3.93. The zero-order valence-electron chi connectivity index (χ0n) is 10.2. The van der Waals surface area contributed by atoms with E-state index in [1.165, 1.54) is 6.07 Å². The van der Waals surface area contributed by atoms with Crippen molar-refractivity contribution in [1.29, 1.82) is 0 Å². The summed E-state index contributed by atoms with van der Waals surface area (Å²) in [5.74, 6) is 0.377. The Balaban J connectivity index is 2.13. The molecule has 3 aromatic rings. The second kappa shape index (κ2) is 4.78. The summed E-state index contributed by atoms with van der Waals surface area (Å²) in [5, 5.41) is 17.7. The molecular weight excluding hydrogens is 276 g/mol. The zero-order valence-corrected chi connectivity index (χ0v) is 11.1. The number of nitrogens with zero attached hydrogens (tertiary/aromatic N) is 2. The Labute approximate surface area is 118 Å². The maximum absolute atomic E-state index is 10.8. The van der Waals surface area contributed by atoms with Gasteiger partial charge in [-0.15, -0.1) is 0 Å². The molecule has 0 saturated carbocycles. The van der Waals surface area contributed by atoms with Gasteiger partial charge < -0.3 is 5.73 Å². The molecule has 2 aromatic heterocycles. The van der Waals surface area contributed by atoms with Crippen molar-refractivity contribution in [2.24, 2.45) is 0 Å². The van der Waals surface area contributed by atoms with Gasteiger partial charge in [0.05, 0.1) is 21.1 Å². The van der Waals surface area contributed by atoms with Gasteiger partial charge in [-0.3, -0.25) is 15.2 Å². The van der Waals surface area contributed by atoms with Gasteiger partial charge in [-0.25, -0.2) is 0 Å². The van der Waals surface area contributed by atoms with E-state index in [2.05, 4.69) is 10.2 Å². The maximum Gasteiger partial charge on any atom is 0.324 e. The fraction of sp³-hybridized carbons (Fsp3) is 0. The second-order valence-corrected chi connectivity index (χ2v) is 5.18. The first kappa shape index (κ1) is 12.4. The number of nitro groups is 1. The number of rotatable bonds is 3. The van der Waals surface area contributed by atoms with Crippen LogP contribution in [0.15, 0.2) is 42.5 Å². The van der Waals surface area contributed by atoms with Crippen LogP contribution < -0.4 is 5.73 Å². The molecule has 0 spiro atoms. The van der Waals surface area contributed by atoms with Gasteiger partial charge in [0, 0.05) is 6.07 Å². The standard InChI is InChI=1S/C13H10N4O2S/c14-13-11(8-4-2-1-3-5-8)12(15-16-13)9-6-7-10(20-9)17(18)19/h1-7H,(H3,14,15,16). The predicted octanol–water partition coefficient (Wildman–Crippen LogP) is 3.30. The molecule has 0 unspecified atom stereocenters. The summed E-state index contributed by atoms with van der Waals surface area (Å²) in [6, 6.07) is 12.7. The Kier molecular flexibility index (Phi) is 2.96. The molecule has 0 radical (unpaired) electrons. The number of nitrogens with two attached hydrogens (primary N) is 1. The summed E-state index contributed by atoms with van der Waals surface area (Å²) in [6.07, 6.45) is 0. The van der Waals surface area contributed by atoms with Crippen LogP contribution in [-0.2, 0) is 0 Å². The van der Waals surface area contributed by atoms with E-state index in [0.29, 0.717) is 11.5 Å². The van der Waals surface area contributed by atoms with Crippen LogP contribution in [0.4, 0.5) is 10.8 Å². The van der Waals surface area contributed by atoms with Crippen LogP contribution in [0.1, 0.15) is 0 Å². The normalized spacial score (nSPS) is 10.6. The highest BCUT2D eigenvalue weighted by Crippen LogP contribution is 2.39. The van der Waals surface area contributed by atoms with Gasteiger partial charge in [0.2, 0.25) is 0 Å². The lowest BCUT2D eigenvalue weighted by molar-refractivity contribution is -0.380. The maximum atomic E-state index is 10.8. The Morgan fingerprint density at radius 1 is 1.20 bits per heavy atom. The van der Waals surface area contributed by atoms with Crippen LogP contribution in [0.3, 0.4) is 0 Å². The van der Waals surface area contributed by atoms with E-state index in [0.717, 1.165) is 27.3 Å². The monoisotopic (exact) mass is 286 g/mol. The number of aromatic nitrogens is 2. The number of aromatic amines is 1. The molecular formula is C13H10N4O2S. The molecule has 0 amide bonds. The average molecular weight is 286 g/mol. The van der Waals surface area contributed by atoms with Crippen LogP contribution in [0.5, 0.6) is 0 Å². The minimum Gasteiger partial charge on any atom is -0.382 e. The fourth-order valence-corrected chi connectivity index (χ4v) is 2.81. The molecule has 0 saturated heterocycles. The predicted molar refractivity (Wildman–Crippen MR) is 78.4 cm³/mol. The third kappa shape index (κ3) is 2.04. The first-order valence-electron chi connectivity index (χ1n) is 5.80. The minimum absolute atomic E-state index is 0.0900. The Morgan fingerprint density at radius 3 is 2.60 bits per heavy atom. The molecule has 7 heteroatoms. The van der Waals surface area contributed by atoms with Gasteiger partial charge in [-0.05, 0) is 11.6 Å². The largest absolute Gasteiger partial charge is 0.382 e. The molecule has 0 aliphatic carbocycles. The first-order chi connectivity index (χ1) is 9.66. The summed E-state index contributed by atoms with van der Waals surface area (Å²) in [7, 11) is 0. The molecule has 3 N–H and O–H groups in total. The quantitative estimate of drug-likeness (QED) is 0.570. The lowest BCUT2D eigenvalue weighted by Gasteiger charge is -2.02. The van der Waals surface area contributed by atoms with Crippen molar-refractivity contribution in [3.8, 4) is 21.7 Å². The SMILES string of the molecule is Nc1n[nH]c(-c2ccc([N+](=O)[O-])s2)c1-c1ccccc1. The summed E-state index contributed by atoms with van der Waals surface area (Å²) in [4.78, 5) is 11.1. The highest BCUT2D eigenvalue weighted by molar-refractivity contribution is 7.18. The lowest BCUT2D eigenvalue weighted by Crippen LogP contribution is -1.87. The molecule has 100 valence electrons. The molecule has 6 nitrogen and oxygen atoms in total. The summed E-state index contributed by atoms with van der Waals surface area (Å²) in [5.41, 5.74) is 8.29. The van der Waals surface area contributed by atoms with E-state index in [9.17, 15) is 10.1 Å². The number of hydrogen-bond donors (Lipinski definition) is 2. The molecule has 20 heavy (non-hydrogen) atoms. The molecule has 0 aliphatic heterocycles. The second-order valence-electron chi connectivity index (χ2n) is 4.12. The molecule has 3 rings (SSSR count). The Hall–Kier alpha value is -2.67. The molecule has 1 aromatic carbocycles. The van der Waals surface area contributed by atoms with Crippen molar-refractivity contribution in [3.63, 3.8) is 0 Å². The van der Waals surface area contributed by atoms with Crippen molar-refractivity contribution in [2.75, 3.05) is 5.73 Å². The number of nitrogens with one attached hydrogen (secondary N) is 1. The fourth-order valence-electron chi connectivity index (χ4n) is 1.99. The Morgan fingerprint density at radius 2 is 1.95 bits per heavy atom. The van der Waals surface area contributed by atoms with Gasteiger partial charge in [0.25, 0.3) is 0 Å². The van der Waals surface area contributed by atoms with Gasteiger partial charge >= 0.3 is 5.00 Å². The number of H-pyrrole nitrogens is 1. The van der Waals surface area contributed by atoms with E-state index >= 15 is 0 Å². The molecule has 0 atom stereocenters. The van der Waals surface area contributed by atoms with E-state index in [-0.39, 0.29) is 5.00 Å². The smallest absolute Gasteiger partial charge is 0.324 e. The van der Waals surface area contributed by atoms with Gasteiger partial charge in [0.1, 0.15) is 0 Å². The van der Waals surface area contributed by atoms with Crippen molar-refractivity contribution in [2.45, 2.75) is 0 Å². The van der Waals surface area contributed by atoms with E-state index in [1.807, 2.05) is 30.3 Å². The van der Waals surface area contributed by atoms with Crippen LogP contribution in [0, 0.1) is 10.1 Å². The summed E-state index contributed by atoms with van der Waals surface area (Å²) in [6.45, 7) is 0. The number of hydrogen-bond acceptors (Lipinski definition) is 5. The molecule has 0 bridgehead atoms. The summed E-state index contributed by atoms with van der Waals surface area (Å²) >= 11 is 1.09. The third-order valence-electron chi connectivity index (χ3n) is 2.87. The van der Waals surface area contributed by atoms with Crippen LogP contribution in [0.2, 0.25) is 0 Å². The van der Waals surface area contributed by atoms with Crippen LogP contribution >= 0.6 is 11.3 Å². The number of nitrogen functional groups attached to an aromatic ring is 1.